The van der Waals surface area contributed by atoms with Gasteiger partial charge >= 0.3 is 5.97 Å². The van der Waals surface area contributed by atoms with Crippen molar-refractivity contribution in [1.82, 2.24) is 0 Å². The van der Waals surface area contributed by atoms with Gasteiger partial charge in [0.2, 0.25) is 0 Å². The molecule has 0 saturated heterocycles. The number of hydrogen-bond donors (Lipinski definition) is 0. The Morgan fingerprint density at radius 2 is 1.35 bits per heavy atom. The van der Waals surface area contributed by atoms with Crippen LogP contribution < -0.4 is 0 Å². The van der Waals surface area contributed by atoms with E-state index in [1.54, 1.807) is 0 Å². The highest BCUT2D eigenvalue weighted by molar-refractivity contribution is 5.72. The summed E-state index contributed by atoms with van der Waals surface area (Å²) in [6.07, 6.45) is 27.4. The quantitative estimate of drug-likeness (QED) is 0.152. The van der Waals surface area contributed by atoms with E-state index >= 15 is 0 Å². The molecule has 1 unspecified atom stereocenters. The van der Waals surface area contributed by atoms with Gasteiger partial charge in [0.1, 0.15) is 0 Å². The zero-order chi connectivity index (χ0) is 19.3. The molecule has 26 heavy (non-hydrogen) atoms. The molecular formula is C24H42O2. The Morgan fingerprint density at radius 1 is 0.769 bits per heavy atom. The highest BCUT2D eigenvalue weighted by Gasteiger charge is 2.16. The molecule has 150 valence electrons. The van der Waals surface area contributed by atoms with E-state index in [1.165, 1.54) is 38.5 Å². The lowest BCUT2D eigenvalue weighted by Gasteiger charge is -2.12. The van der Waals surface area contributed by atoms with Gasteiger partial charge in [0.25, 0.3) is 0 Å². The van der Waals surface area contributed by atoms with Crippen LogP contribution in [0.15, 0.2) is 36.5 Å². The third-order valence-electron chi connectivity index (χ3n) is 4.57. The van der Waals surface area contributed by atoms with E-state index in [4.69, 9.17) is 4.74 Å². The minimum Gasteiger partial charge on any atom is -0.466 e. The summed E-state index contributed by atoms with van der Waals surface area (Å²) in [7, 11) is 0. The first-order valence-corrected chi connectivity index (χ1v) is 10.9. The predicted octanol–water partition coefficient (Wildman–Crippen LogP) is 7.56. The molecule has 0 heterocycles. The van der Waals surface area contributed by atoms with Crippen molar-refractivity contribution in [2.75, 3.05) is 6.61 Å². The Bertz CT molecular complexity index is 393. The first-order valence-electron chi connectivity index (χ1n) is 10.9. The molecule has 0 aromatic heterocycles. The molecule has 0 fully saturated rings. The van der Waals surface area contributed by atoms with Crippen molar-refractivity contribution in [1.29, 1.82) is 0 Å². The molecule has 2 nitrogen and oxygen atoms in total. The smallest absolute Gasteiger partial charge is 0.308 e. The minimum absolute atomic E-state index is 0.00550. The fourth-order valence-electron chi connectivity index (χ4n) is 2.94. The Morgan fingerprint density at radius 3 is 1.96 bits per heavy atom. The molecule has 0 aliphatic carbocycles. The van der Waals surface area contributed by atoms with E-state index in [0.29, 0.717) is 6.61 Å². The maximum absolute atomic E-state index is 11.7. The molecule has 0 bridgehead atoms. The number of carbonyl (C=O) groups excluding carboxylic acids is 1. The van der Waals surface area contributed by atoms with Gasteiger partial charge in [-0.3, -0.25) is 4.79 Å². The van der Waals surface area contributed by atoms with Crippen LogP contribution in [-0.4, -0.2) is 12.6 Å². The van der Waals surface area contributed by atoms with Crippen molar-refractivity contribution in [3.05, 3.63) is 36.5 Å². The first kappa shape index (κ1) is 24.7. The fourth-order valence-corrected chi connectivity index (χ4v) is 2.94. The number of hydrogen-bond acceptors (Lipinski definition) is 2. The van der Waals surface area contributed by atoms with Crippen LogP contribution in [0.1, 0.15) is 97.8 Å². The Labute approximate surface area is 162 Å². The lowest BCUT2D eigenvalue weighted by atomic mass is 9.98. The lowest BCUT2D eigenvalue weighted by Crippen LogP contribution is -2.16. The summed E-state index contributed by atoms with van der Waals surface area (Å²) in [5, 5.41) is 0. The highest BCUT2D eigenvalue weighted by atomic mass is 16.5. The van der Waals surface area contributed by atoms with E-state index in [0.717, 1.165) is 38.5 Å². The molecule has 1 atom stereocenters. The van der Waals surface area contributed by atoms with Crippen molar-refractivity contribution in [2.24, 2.45) is 5.92 Å². The van der Waals surface area contributed by atoms with Gasteiger partial charge < -0.3 is 4.74 Å². The second kappa shape index (κ2) is 20.0. The molecule has 0 N–H and O–H groups in total. The fraction of sp³-hybridized carbons (Fsp3) is 0.708. The van der Waals surface area contributed by atoms with Gasteiger partial charge in [-0.15, -0.1) is 0 Å². The van der Waals surface area contributed by atoms with Crippen LogP contribution in [0.3, 0.4) is 0 Å². The van der Waals surface area contributed by atoms with Gasteiger partial charge in [-0.25, -0.2) is 0 Å². The minimum atomic E-state index is -0.00550. The average molecular weight is 363 g/mol. The normalized spacial score (nSPS) is 13.2. The van der Waals surface area contributed by atoms with E-state index < -0.39 is 0 Å². The van der Waals surface area contributed by atoms with Gasteiger partial charge in [0.15, 0.2) is 0 Å². The van der Waals surface area contributed by atoms with Crippen LogP contribution >= 0.6 is 0 Å². The molecule has 0 rings (SSSR count). The maximum atomic E-state index is 11.7. The van der Waals surface area contributed by atoms with Crippen LogP contribution in [0.25, 0.3) is 0 Å². The largest absolute Gasteiger partial charge is 0.466 e. The number of ether oxygens (including phenoxy) is 1. The zero-order valence-electron chi connectivity index (χ0n) is 17.6. The predicted molar refractivity (Wildman–Crippen MR) is 114 cm³/mol. The lowest BCUT2D eigenvalue weighted by molar-refractivity contribution is -0.148. The van der Waals surface area contributed by atoms with Crippen LogP contribution in [0.5, 0.6) is 0 Å². The van der Waals surface area contributed by atoms with Crippen LogP contribution in [0.4, 0.5) is 0 Å². The first-order chi connectivity index (χ1) is 12.8. The van der Waals surface area contributed by atoms with E-state index in [9.17, 15) is 4.79 Å². The van der Waals surface area contributed by atoms with Crippen LogP contribution in [0.2, 0.25) is 0 Å². The Kier molecular flexibility index (Phi) is 19.0. The second-order valence-corrected chi connectivity index (χ2v) is 6.85. The summed E-state index contributed by atoms with van der Waals surface area (Å²) < 4.78 is 5.12. The number of rotatable bonds is 17. The van der Waals surface area contributed by atoms with Crippen molar-refractivity contribution in [3.63, 3.8) is 0 Å². The molecule has 0 aromatic carbocycles. The van der Waals surface area contributed by atoms with Crippen molar-refractivity contribution < 1.29 is 9.53 Å². The molecule has 0 spiro atoms. The summed E-state index contributed by atoms with van der Waals surface area (Å²) in [6, 6.07) is 0. The topological polar surface area (TPSA) is 26.3 Å². The van der Waals surface area contributed by atoms with Gasteiger partial charge in [-0.1, -0.05) is 82.4 Å². The van der Waals surface area contributed by atoms with Gasteiger partial charge in [-0.2, -0.15) is 0 Å². The highest BCUT2D eigenvalue weighted by Crippen LogP contribution is 2.17. The molecule has 0 aliphatic rings. The van der Waals surface area contributed by atoms with Gasteiger partial charge in [0.05, 0.1) is 12.5 Å². The van der Waals surface area contributed by atoms with E-state index in [2.05, 4.69) is 50.3 Å². The third kappa shape index (κ3) is 16.2. The van der Waals surface area contributed by atoms with Crippen LogP contribution in [0, 0.1) is 5.92 Å². The summed E-state index contributed by atoms with van der Waals surface area (Å²) in [5.41, 5.74) is 0. The van der Waals surface area contributed by atoms with Crippen molar-refractivity contribution >= 4 is 5.97 Å². The van der Waals surface area contributed by atoms with Gasteiger partial charge in [0, 0.05) is 0 Å². The zero-order valence-corrected chi connectivity index (χ0v) is 17.6. The molecule has 0 aromatic rings. The number of carbonyl (C=O) groups is 1. The van der Waals surface area contributed by atoms with Crippen molar-refractivity contribution in [3.8, 4) is 0 Å². The van der Waals surface area contributed by atoms with Gasteiger partial charge in [-0.05, 0) is 51.9 Å². The summed E-state index contributed by atoms with van der Waals surface area (Å²) in [5.74, 6) is 0.103. The Hall–Kier alpha value is -1.31. The van der Waals surface area contributed by atoms with E-state index in [-0.39, 0.29) is 11.9 Å². The maximum Gasteiger partial charge on any atom is 0.308 e. The number of allylic oxidation sites excluding steroid dienone is 6. The molecule has 2 heteroatoms. The summed E-state index contributed by atoms with van der Waals surface area (Å²) >= 11 is 0. The SMILES string of the molecule is CC/C=C\C/C=C\C/C=C\CCCCCCCCC(CC)C(=O)OCC. The number of esters is 1. The molecule has 0 saturated carbocycles. The monoisotopic (exact) mass is 362 g/mol. The average Bonchev–Trinajstić information content (AvgIpc) is 2.64. The molecule has 0 aliphatic heterocycles. The van der Waals surface area contributed by atoms with Crippen molar-refractivity contribution in [2.45, 2.75) is 97.8 Å². The molecule has 0 amide bonds. The second-order valence-electron chi connectivity index (χ2n) is 6.85. The standard InChI is InChI=1S/C24H42O2/c1-4-7-8-9-10-11-12-13-14-15-16-17-18-19-20-21-22-23(5-2)24(25)26-6-3/h7-8,10-11,13-14,23H,4-6,9,12,15-22H2,1-3H3/b8-7-,11-10-,14-13-. The molecule has 0 radical (unpaired) electrons. The Balaban J connectivity index is 3.44. The van der Waals surface area contributed by atoms with Crippen LogP contribution in [-0.2, 0) is 9.53 Å². The third-order valence-corrected chi connectivity index (χ3v) is 4.57. The summed E-state index contributed by atoms with van der Waals surface area (Å²) in [4.78, 5) is 11.7. The summed E-state index contributed by atoms with van der Waals surface area (Å²) in [6.45, 7) is 6.62. The van der Waals surface area contributed by atoms with E-state index in [1.807, 2.05) is 6.92 Å². The molecular weight excluding hydrogens is 320 g/mol. The number of unbranched alkanes of at least 4 members (excludes halogenated alkanes) is 6.